The molecule has 1 aromatic carbocycles. The molecule has 5 nitrogen and oxygen atoms in total. The largest absolute Gasteiger partial charge is 0.417 e. The van der Waals surface area contributed by atoms with Gasteiger partial charge in [-0.15, -0.1) is 0 Å². The normalized spacial score (nSPS) is 12.0. The highest BCUT2D eigenvalue weighted by molar-refractivity contribution is 6.31. The summed E-state index contributed by atoms with van der Waals surface area (Å²) < 4.78 is 38.8. The SMILES string of the molecule is Cc1cc(C(=O)Nc2ccc(Cl)c(C(F)(F)F)c2)nc(NC(C)(C)C)n1. The predicted octanol–water partition coefficient (Wildman–Crippen LogP) is 4.92. The molecule has 0 spiro atoms. The van der Waals surface area contributed by atoms with Crippen molar-refractivity contribution in [1.29, 1.82) is 0 Å². The number of aromatic nitrogens is 2. The van der Waals surface area contributed by atoms with Crippen LogP contribution >= 0.6 is 11.6 Å². The quantitative estimate of drug-likeness (QED) is 0.785. The number of nitrogens with one attached hydrogen (secondary N) is 2. The summed E-state index contributed by atoms with van der Waals surface area (Å²) in [5, 5.41) is 5.01. The molecule has 2 aromatic rings. The molecule has 1 heterocycles. The first kappa shape index (κ1) is 20.0. The lowest BCUT2D eigenvalue weighted by Gasteiger charge is -2.21. The number of carbonyl (C=O) groups is 1. The second-order valence-electron chi connectivity index (χ2n) is 6.74. The summed E-state index contributed by atoms with van der Waals surface area (Å²) in [5.74, 6) is -0.391. The molecule has 0 aliphatic rings. The maximum absolute atomic E-state index is 12.9. The van der Waals surface area contributed by atoms with E-state index in [1.807, 2.05) is 20.8 Å². The Morgan fingerprint density at radius 1 is 1.12 bits per heavy atom. The minimum Gasteiger partial charge on any atom is -0.350 e. The van der Waals surface area contributed by atoms with E-state index in [4.69, 9.17) is 11.6 Å². The molecule has 2 rings (SSSR count). The molecule has 0 fully saturated rings. The van der Waals surface area contributed by atoms with Gasteiger partial charge in [-0.2, -0.15) is 13.2 Å². The number of aryl methyl sites for hydroxylation is 1. The third-order valence-corrected chi connectivity index (χ3v) is 3.43. The molecular formula is C17H18ClF3N4O. The van der Waals surface area contributed by atoms with Gasteiger partial charge in [0, 0.05) is 16.9 Å². The van der Waals surface area contributed by atoms with Crippen molar-refractivity contribution in [3.63, 3.8) is 0 Å². The molecule has 0 atom stereocenters. The molecule has 1 aromatic heterocycles. The van der Waals surface area contributed by atoms with Crippen LogP contribution in [0.5, 0.6) is 0 Å². The average molecular weight is 387 g/mol. The highest BCUT2D eigenvalue weighted by Gasteiger charge is 2.33. The highest BCUT2D eigenvalue weighted by atomic mass is 35.5. The maximum Gasteiger partial charge on any atom is 0.417 e. The molecule has 0 aliphatic carbocycles. The van der Waals surface area contributed by atoms with Crippen molar-refractivity contribution in [1.82, 2.24) is 9.97 Å². The molecule has 0 bridgehead atoms. The zero-order chi connectivity index (χ0) is 19.7. The van der Waals surface area contributed by atoms with Gasteiger partial charge in [0.05, 0.1) is 10.6 Å². The Balaban J connectivity index is 2.28. The van der Waals surface area contributed by atoms with E-state index in [-0.39, 0.29) is 22.9 Å². The smallest absolute Gasteiger partial charge is 0.350 e. The van der Waals surface area contributed by atoms with Crippen molar-refractivity contribution in [3.8, 4) is 0 Å². The number of alkyl halides is 3. The molecule has 2 N–H and O–H groups in total. The fourth-order valence-corrected chi connectivity index (χ4v) is 2.32. The number of hydrogen-bond acceptors (Lipinski definition) is 4. The number of halogens is 4. The van der Waals surface area contributed by atoms with E-state index >= 15 is 0 Å². The Hall–Kier alpha value is -2.35. The Morgan fingerprint density at radius 2 is 1.77 bits per heavy atom. The van der Waals surface area contributed by atoms with Gasteiger partial charge in [-0.1, -0.05) is 11.6 Å². The molecule has 0 saturated heterocycles. The topological polar surface area (TPSA) is 66.9 Å². The van der Waals surface area contributed by atoms with Crippen LogP contribution in [0.3, 0.4) is 0 Å². The first-order valence-corrected chi connectivity index (χ1v) is 8.05. The van der Waals surface area contributed by atoms with Crippen molar-refractivity contribution in [2.45, 2.75) is 39.4 Å². The van der Waals surface area contributed by atoms with E-state index in [0.29, 0.717) is 5.69 Å². The molecule has 9 heteroatoms. The summed E-state index contributed by atoms with van der Waals surface area (Å²) in [7, 11) is 0. The number of amides is 1. The van der Waals surface area contributed by atoms with Gasteiger partial charge in [-0.05, 0) is 52.0 Å². The van der Waals surface area contributed by atoms with Gasteiger partial charge in [0.2, 0.25) is 5.95 Å². The molecule has 0 saturated carbocycles. The van der Waals surface area contributed by atoms with Gasteiger partial charge in [-0.3, -0.25) is 4.79 Å². The minimum absolute atomic E-state index is 0.0340. The van der Waals surface area contributed by atoms with Crippen LogP contribution in [0.15, 0.2) is 24.3 Å². The molecule has 1 amide bonds. The van der Waals surface area contributed by atoms with E-state index in [9.17, 15) is 18.0 Å². The summed E-state index contributed by atoms with van der Waals surface area (Å²) >= 11 is 5.58. The van der Waals surface area contributed by atoms with Gasteiger partial charge in [0.1, 0.15) is 5.69 Å². The fourth-order valence-electron chi connectivity index (χ4n) is 2.09. The summed E-state index contributed by atoms with van der Waals surface area (Å²) in [6.07, 6.45) is -4.62. The van der Waals surface area contributed by atoms with Crippen molar-refractivity contribution < 1.29 is 18.0 Å². The standard InChI is InChI=1S/C17H18ClF3N4O/c1-9-7-13(24-15(22-9)25-16(2,3)4)14(26)23-10-5-6-12(18)11(8-10)17(19,20)21/h5-8H,1-4H3,(H,23,26)(H,22,24,25). The Bertz CT molecular complexity index is 832. The third-order valence-electron chi connectivity index (χ3n) is 3.10. The summed E-state index contributed by atoms with van der Waals surface area (Å²) in [6, 6.07) is 4.60. The van der Waals surface area contributed by atoms with Crippen molar-refractivity contribution in [2.75, 3.05) is 10.6 Å². The van der Waals surface area contributed by atoms with Crippen LogP contribution in [-0.4, -0.2) is 21.4 Å². The first-order valence-electron chi connectivity index (χ1n) is 7.67. The fraction of sp³-hybridized carbons (Fsp3) is 0.353. The van der Waals surface area contributed by atoms with Crippen LogP contribution in [-0.2, 0) is 6.18 Å². The lowest BCUT2D eigenvalue weighted by atomic mass is 10.1. The third kappa shape index (κ3) is 5.32. The Morgan fingerprint density at radius 3 is 2.35 bits per heavy atom. The number of anilines is 2. The molecule has 140 valence electrons. The minimum atomic E-state index is -4.62. The summed E-state index contributed by atoms with van der Waals surface area (Å²) in [4.78, 5) is 20.7. The zero-order valence-electron chi connectivity index (χ0n) is 14.6. The van der Waals surface area contributed by atoms with E-state index < -0.39 is 22.7 Å². The number of rotatable bonds is 3. The Labute approximate surface area is 154 Å². The van der Waals surface area contributed by atoms with Crippen LogP contribution in [0.2, 0.25) is 5.02 Å². The molecule has 0 unspecified atom stereocenters. The number of carbonyl (C=O) groups excluding carboxylic acids is 1. The van der Waals surface area contributed by atoms with Crippen LogP contribution in [0.1, 0.15) is 42.5 Å². The summed E-state index contributed by atoms with van der Waals surface area (Å²) in [5.41, 5.74) is -0.796. The van der Waals surface area contributed by atoms with Gasteiger partial charge >= 0.3 is 6.18 Å². The van der Waals surface area contributed by atoms with E-state index in [2.05, 4.69) is 20.6 Å². The van der Waals surface area contributed by atoms with Crippen LogP contribution < -0.4 is 10.6 Å². The lowest BCUT2D eigenvalue weighted by Crippen LogP contribution is -2.28. The van der Waals surface area contributed by atoms with Crippen LogP contribution in [0, 0.1) is 6.92 Å². The summed E-state index contributed by atoms with van der Waals surface area (Å²) in [6.45, 7) is 7.41. The van der Waals surface area contributed by atoms with Crippen molar-refractivity contribution in [2.24, 2.45) is 0 Å². The molecule has 0 aliphatic heterocycles. The van der Waals surface area contributed by atoms with Crippen molar-refractivity contribution in [3.05, 3.63) is 46.2 Å². The van der Waals surface area contributed by atoms with Gasteiger partial charge < -0.3 is 10.6 Å². The van der Waals surface area contributed by atoms with E-state index in [1.54, 1.807) is 6.92 Å². The van der Waals surface area contributed by atoms with Crippen molar-refractivity contribution >= 4 is 29.1 Å². The van der Waals surface area contributed by atoms with Crippen LogP contribution in [0.25, 0.3) is 0 Å². The maximum atomic E-state index is 12.9. The Kier molecular flexibility index (Phi) is 5.46. The molecular weight excluding hydrogens is 369 g/mol. The van der Waals surface area contributed by atoms with Gasteiger partial charge in [0.25, 0.3) is 5.91 Å². The van der Waals surface area contributed by atoms with E-state index in [0.717, 1.165) is 12.1 Å². The molecule has 26 heavy (non-hydrogen) atoms. The van der Waals surface area contributed by atoms with Gasteiger partial charge in [-0.25, -0.2) is 9.97 Å². The predicted molar refractivity (Wildman–Crippen MR) is 94.6 cm³/mol. The second kappa shape index (κ2) is 7.11. The highest BCUT2D eigenvalue weighted by Crippen LogP contribution is 2.36. The average Bonchev–Trinajstić information content (AvgIpc) is 2.45. The monoisotopic (exact) mass is 386 g/mol. The second-order valence-corrected chi connectivity index (χ2v) is 7.15. The van der Waals surface area contributed by atoms with Crippen LogP contribution in [0.4, 0.5) is 24.8 Å². The first-order chi connectivity index (χ1) is 11.8. The lowest BCUT2D eigenvalue weighted by molar-refractivity contribution is -0.137. The number of hydrogen-bond donors (Lipinski definition) is 2. The zero-order valence-corrected chi connectivity index (χ0v) is 15.4. The van der Waals surface area contributed by atoms with E-state index in [1.165, 1.54) is 12.1 Å². The molecule has 0 radical (unpaired) electrons. The number of nitrogens with zero attached hydrogens (tertiary/aromatic N) is 2. The number of benzene rings is 1. The van der Waals surface area contributed by atoms with Gasteiger partial charge in [0.15, 0.2) is 0 Å².